The average Bonchev–Trinajstić information content (AvgIpc) is 3.20. The highest BCUT2D eigenvalue weighted by Gasteiger charge is 2.50. The number of urea groups is 1. The topological polar surface area (TPSA) is 200 Å². The molecule has 1 heterocycles. The van der Waals surface area contributed by atoms with Gasteiger partial charge >= 0.3 is 29.9 Å². The first kappa shape index (κ1) is 47.1. The monoisotopic (exact) mass is 864 g/mol. The van der Waals surface area contributed by atoms with Gasteiger partial charge in [0.2, 0.25) is 18.1 Å². The number of carbonyl (C=O) groups is 7. The van der Waals surface area contributed by atoms with Gasteiger partial charge in [-0.15, -0.1) is 0 Å². The van der Waals surface area contributed by atoms with E-state index < -0.39 is 42.1 Å². The maximum atomic E-state index is 13.2. The molecule has 0 aromatic heterocycles. The van der Waals surface area contributed by atoms with Crippen LogP contribution < -0.4 is 5.32 Å². The molecule has 0 unspecified atom stereocenters. The number of thioether (sulfide) groups is 1. The third-order valence-electron chi connectivity index (χ3n) is 12.4. The highest BCUT2D eigenvalue weighted by molar-refractivity contribution is 8.13. The molecule has 4 bridgehead atoms. The molecule has 5 fully saturated rings. The Morgan fingerprint density at radius 3 is 1.61 bits per heavy atom. The SMILES string of the molecule is CC(=O)SCCN(CCC12CC3CC(CC(C3)C1)C2)C(=O)N[C@@H](C)C(=O)N1CCN(C)CC1.Cc1ccc(C(=O)O[C@@H](C(=O)O)[C@@H](OC(=O)c2ccc(C)cc2)C(=O)O)cc1. The van der Waals surface area contributed by atoms with E-state index in [9.17, 15) is 43.8 Å². The second kappa shape index (κ2) is 21.2. The van der Waals surface area contributed by atoms with Gasteiger partial charge < -0.3 is 39.7 Å². The number of aryl methyl sites for hydroxylation is 2. The van der Waals surface area contributed by atoms with Crippen molar-refractivity contribution in [3.63, 3.8) is 0 Å². The first-order valence-electron chi connectivity index (χ1n) is 21.1. The molecule has 4 saturated carbocycles. The maximum absolute atomic E-state index is 13.2. The Labute approximate surface area is 361 Å². The molecule has 1 saturated heterocycles. The van der Waals surface area contributed by atoms with Gasteiger partial charge in [-0.25, -0.2) is 24.0 Å². The van der Waals surface area contributed by atoms with Crippen molar-refractivity contribution >= 4 is 52.7 Å². The van der Waals surface area contributed by atoms with Crippen LogP contribution in [0.2, 0.25) is 0 Å². The van der Waals surface area contributed by atoms with Crippen LogP contribution in [0.15, 0.2) is 48.5 Å². The summed E-state index contributed by atoms with van der Waals surface area (Å²) in [6.07, 6.45) is 4.86. The summed E-state index contributed by atoms with van der Waals surface area (Å²) >= 11 is 1.27. The number of benzene rings is 2. The number of hydrogen-bond donors (Lipinski definition) is 3. The number of likely N-dealkylation sites (N-methyl/N-ethyl adjacent to an activating group) is 1. The van der Waals surface area contributed by atoms with Gasteiger partial charge in [0, 0.05) is 51.9 Å². The first-order valence-corrected chi connectivity index (χ1v) is 22.1. The van der Waals surface area contributed by atoms with E-state index in [1.54, 1.807) is 52.0 Å². The molecule has 0 radical (unpaired) electrons. The lowest BCUT2D eigenvalue weighted by atomic mass is 9.49. The summed E-state index contributed by atoms with van der Waals surface area (Å²) in [5, 5.41) is 21.7. The highest BCUT2D eigenvalue weighted by Crippen LogP contribution is 2.61. The third-order valence-corrected chi connectivity index (χ3v) is 13.2. The van der Waals surface area contributed by atoms with Gasteiger partial charge in [0.1, 0.15) is 6.04 Å². The summed E-state index contributed by atoms with van der Waals surface area (Å²) in [6, 6.07) is 11.4. The van der Waals surface area contributed by atoms with E-state index in [0.29, 0.717) is 37.3 Å². The van der Waals surface area contributed by atoms with Crippen LogP contribution >= 0.6 is 11.8 Å². The van der Waals surface area contributed by atoms with Crippen LogP contribution in [0.1, 0.15) is 90.6 Å². The van der Waals surface area contributed by atoms with Crippen LogP contribution in [0.4, 0.5) is 4.79 Å². The number of nitrogens with one attached hydrogen (secondary N) is 1. The fourth-order valence-electron chi connectivity index (χ4n) is 9.45. The molecule has 61 heavy (non-hydrogen) atoms. The second-order valence-electron chi connectivity index (χ2n) is 17.4. The summed E-state index contributed by atoms with van der Waals surface area (Å²) in [4.78, 5) is 90.8. The maximum Gasteiger partial charge on any atom is 0.349 e. The van der Waals surface area contributed by atoms with E-state index in [2.05, 4.69) is 17.3 Å². The summed E-state index contributed by atoms with van der Waals surface area (Å²) < 4.78 is 9.64. The number of carboxylic acids is 2. The Hall–Kier alpha value is -4.96. The van der Waals surface area contributed by atoms with Gasteiger partial charge in [0.15, 0.2) is 5.12 Å². The summed E-state index contributed by atoms with van der Waals surface area (Å²) in [5.41, 5.74) is 2.20. The van der Waals surface area contributed by atoms with Crippen molar-refractivity contribution in [2.75, 3.05) is 52.1 Å². The Morgan fingerprint density at radius 2 is 1.20 bits per heavy atom. The lowest BCUT2D eigenvalue weighted by Gasteiger charge is -2.57. The van der Waals surface area contributed by atoms with Crippen LogP contribution in [0.5, 0.6) is 0 Å². The number of rotatable bonds is 15. The fourth-order valence-corrected chi connectivity index (χ4v) is 10.1. The van der Waals surface area contributed by atoms with Crippen molar-refractivity contribution in [1.29, 1.82) is 0 Å². The molecule has 0 spiro atoms. The normalized spacial score (nSPS) is 23.0. The largest absolute Gasteiger partial charge is 0.478 e. The molecular formula is C45H60N4O11S. The molecule has 2 aromatic rings. The highest BCUT2D eigenvalue weighted by atomic mass is 32.2. The predicted molar refractivity (Wildman–Crippen MR) is 228 cm³/mol. The number of carbonyl (C=O) groups excluding carboxylic acids is 5. The van der Waals surface area contributed by atoms with E-state index >= 15 is 0 Å². The quantitative estimate of drug-likeness (QED) is 0.196. The van der Waals surface area contributed by atoms with E-state index in [1.165, 1.54) is 74.6 Å². The number of ether oxygens (including phenoxy) is 2. The minimum absolute atomic E-state index is 0.00408. The zero-order chi connectivity index (χ0) is 44.4. The zero-order valence-corrected chi connectivity index (χ0v) is 36.6. The van der Waals surface area contributed by atoms with Crippen LogP contribution in [0.3, 0.4) is 0 Å². The molecule has 3 atom stereocenters. The Kier molecular flexibility index (Phi) is 16.4. The Bertz CT molecular complexity index is 1790. The van der Waals surface area contributed by atoms with Gasteiger partial charge in [-0.3, -0.25) is 9.59 Å². The number of piperazine rings is 1. The van der Waals surface area contributed by atoms with Crippen molar-refractivity contribution in [1.82, 2.24) is 20.0 Å². The van der Waals surface area contributed by atoms with Crippen molar-refractivity contribution < 1.29 is 53.2 Å². The van der Waals surface area contributed by atoms with Crippen LogP contribution in [0.25, 0.3) is 0 Å². The van der Waals surface area contributed by atoms with Crippen molar-refractivity contribution in [2.45, 2.75) is 90.9 Å². The molecule has 332 valence electrons. The second-order valence-corrected chi connectivity index (χ2v) is 18.6. The summed E-state index contributed by atoms with van der Waals surface area (Å²) in [5.74, 6) is -2.33. The number of amides is 3. The van der Waals surface area contributed by atoms with Crippen LogP contribution in [-0.2, 0) is 28.7 Å². The molecular weight excluding hydrogens is 805 g/mol. The smallest absolute Gasteiger partial charge is 0.349 e. The number of carboxylic acid groups (broad SMARTS) is 2. The fraction of sp³-hybridized carbons (Fsp3) is 0.578. The number of aliphatic carboxylic acids is 2. The third kappa shape index (κ3) is 13.3. The Balaban J connectivity index is 0.000000234. The predicted octanol–water partition coefficient (Wildman–Crippen LogP) is 5.27. The standard InChI is InChI=1S/C25H42N4O3S.C20H18O8/c1-18(23(31)28-8-6-27(3)7-9-28)26-24(32)29(10-11-33-19(2)30)5-4-25-15-20-12-21(16-25)14-22(13-20)17-25;1-11-3-7-13(8-4-11)19(25)27-15(17(21)22)16(18(23)24)28-20(26)14-9-5-12(2)6-10-14/h18,20-22H,4-17H2,1-3H3,(H,26,32);3-10,15-16H,1-2H3,(H,21,22)(H,23,24)/t18-,20?,21?,22?,25?;15-,16-/m01/s1. The average molecular weight is 865 g/mol. The molecule has 2 aromatic carbocycles. The van der Waals surface area contributed by atoms with E-state index in [1.807, 2.05) is 9.80 Å². The number of esters is 2. The van der Waals surface area contributed by atoms with Gasteiger partial charge in [-0.2, -0.15) is 0 Å². The molecule has 7 rings (SSSR count). The van der Waals surface area contributed by atoms with Gasteiger partial charge in [-0.05, 0) is 120 Å². The number of hydrogen-bond acceptors (Lipinski definition) is 11. The van der Waals surface area contributed by atoms with Gasteiger partial charge in [-0.1, -0.05) is 47.2 Å². The molecule has 15 nitrogen and oxygen atoms in total. The molecule has 5 aliphatic rings. The Morgan fingerprint density at radius 1 is 0.754 bits per heavy atom. The molecule has 4 aliphatic carbocycles. The zero-order valence-electron chi connectivity index (χ0n) is 35.8. The van der Waals surface area contributed by atoms with Crippen LogP contribution in [-0.4, -0.2) is 136 Å². The molecule has 3 N–H and O–H groups in total. The minimum atomic E-state index is -2.22. The summed E-state index contributed by atoms with van der Waals surface area (Å²) in [6.45, 7) is 11.4. The van der Waals surface area contributed by atoms with Crippen molar-refractivity contribution in [3.05, 3.63) is 70.8 Å². The van der Waals surface area contributed by atoms with Crippen molar-refractivity contribution in [3.8, 4) is 0 Å². The number of nitrogens with zero attached hydrogens (tertiary/aromatic N) is 3. The van der Waals surface area contributed by atoms with Crippen molar-refractivity contribution in [2.24, 2.45) is 23.2 Å². The van der Waals surface area contributed by atoms with Crippen LogP contribution in [0, 0.1) is 37.0 Å². The molecule has 3 amide bonds. The molecule has 16 heteroatoms. The van der Waals surface area contributed by atoms with E-state index in [-0.39, 0.29) is 28.2 Å². The van der Waals surface area contributed by atoms with E-state index in [4.69, 9.17) is 9.47 Å². The van der Waals surface area contributed by atoms with Gasteiger partial charge in [0.25, 0.3) is 0 Å². The lowest BCUT2D eigenvalue weighted by Crippen LogP contribution is -2.55. The van der Waals surface area contributed by atoms with Gasteiger partial charge in [0.05, 0.1) is 11.1 Å². The first-order chi connectivity index (χ1) is 28.9. The van der Waals surface area contributed by atoms with E-state index in [0.717, 1.165) is 48.4 Å². The minimum Gasteiger partial charge on any atom is -0.478 e. The lowest BCUT2D eigenvalue weighted by molar-refractivity contribution is -0.166. The summed E-state index contributed by atoms with van der Waals surface area (Å²) in [7, 11) is 2.06. The molecule has 1 aliphatic heterocycles.